The van der Waals surface area contributed by atoms with Crippen molar-refractivity contribution in [3.63, 3.8) is 0 Å². The molecule has 0 atom stereocenters. The first-order chi connectivity index (χ1) is 13.2. The number of methoxy groups -OCH3 is 2. The molecular formula is C20H29IN4O3. The number of anilines is 1. The van der Waals surface area contributed by atoms with Gasteiger partial charge in [0, 0.05) is 44.5 Å². The summed E-state index contributed by atoms with van der Waals surface area (Å²) in [6.07, 6.45) is 0.853. The minimum atomic E-state index is 0. The number of pyridine rings is 1. The van der Waals surface area contributed by atoms with Gasteiger partial charge in [0.25, 0.3) is 0 Å². The molecule has 0 fully saturated rings. The highest BCUT2D eigenvalue weighted by molar-refractivity contribution is 14.0. The van der Waals surface area contributed by atoms with Crippen molar-refractivity contribution in [1.82, 2.24) is 10.3 Å². The van der Waals surface area contributed by atoms with Crippen molar-refractivity contribution in [2.24, 2.45) is 4.99 Å². The predicted molar refractivity (Wildman–Crippen MR) is 123 cm³/mol. The van der Waals surface area contributed by atoms with Crippen molar-refractivity contribution in [3.8, 4) is 11.6 Å². The summed E-state index contributed by atoms with van der Waals surface area (Å²) in [6.45, 7) is 4.53. The highest BCUT2D eigenvalue weighted by atomic mass is 127. The molecule has 8 heteroatoms. The molecule has 28 heavy (non-hydrogen) atoms. The van der Waals surface area contributed by atoms with Crippen LogP contribution in [-0.2, 0) is 11.3 Å². The molecule has 2 rings (SSSR count). The fraction of sp³-hybridized carbons (Fsp3) is 0.400. The zero-order valence-corrected chi connectivity index (χ0v) is 18.9. The highest BCUT2D eigenvalue weighted by Gasteiger charge is 2.03. The number of hydrogen-bond acceptors (Lipinski definition) is 5. The van der Waals surface area contributed by atoms with Gasteiger partial charge in [-0.1, -0.05) is 12.1 Å². The maximum Gasteiger partial charge on any atom is 0.213 e. The van der Waals surface area contributed by atoms with Gasteiger partial charge in [-0.05, 0) is 25.1 Å². The number of benzene rings is 1. The third kappa shape index (κ3) is 8.75. The third-order valence-corrected chi connectivity index (χ3v) is 3.59. The summed E-state index contributed by atoms with van der Waals surface area (Å²) in [4.78, 5) is 8.97. The molecule has 2 N–H and O–H groups in total. The predicted octanol–water partition coefficient (Wildman–Crippen LogP) is 3.70. The standard InChI is InChI=1S/C20H28N4O3.HI/c1-4-21-20(22-15-17-9-6-11-19(23-17)26-3)24-16-8-5-10-18(14-16)27-13-7-12-25-2;/h5-6,8-11,14H,4,7,12-13,15H2,1-3H3,(H2,21,22,24);1H. The first kappa shape index (κ1) is 24.0. The van der Waals surface area contributed by atoms with Gasteiger partial charge in [0.15, 0.2) is 5.96 Å². The Labute approximate surface area is 183 Å². The lowest BCUT2D eigenvalue weighted by Crippen LogP contribution is -2.30. The number of nitrogens with zero attached hydrogens (tertiary/aromatic N) is 2. The smallest absolute Gasteiger partial charge is 0.213 e. The number of nitrogens with one attached hydrogen (secondary N) is 2. The van der Waals surface area contributed by atoms with Crippen LogP contribution in [0.2, 0.25) is 0 Å². The van der Waals surface area contributed by atoms with Crippen LogP contribution >= 0.6 is 24.0 Å². The molecule has 7 nitrogen and oxygen atoms in total. The maximum absolute atomic E-state index is 5.74. The molecule has 0 radical (unpaired) electrons. The molecule has 0 bridgehead atoms. The molecule has 0 aliphatic rings. The van der Waals surface area contributed by atoms with E-state index in [1.54, 1.807) is 14.2 Å². The lowest BCUT2D eigenvalue weighted by Gasteiger charge is -2.13. The third-order valence-electron chi connectivity index (χ3n) is 3.59. The van der Waals surface area contributed by atoms with Gasteiger partial charge in [-0.25, -0.2) is 9.98 Å². The maximum atomic E-state index is 5.74. The number of guanidine groups is 1. The van der Waals surface area contributed by atoms with Crippen LogP contribution in [0.15, 0.2) is 47.5 Å². The van der Waals surface area contributed by atoms with Crippen LogP contribution in [0.5, 0.6) is 11.6 Å². The van der Waals surface area contributed by atoms with Crippen molar-refractivity contribution >= 4 is 35.6 Å². The Bertz CT molecular complexity index is 728. The monoisotopic (exact) mass is 500 g/mol. The van der Waals surface area contributed by atoms with Crippen molar-refractivity contribution in [2.75, 3.05) is 39.3 Å². The molecule has 0 saturated carbocycles. The van der Waals surface area contributed by atoms with Crippen LogP contribution < -0.4 is 20.1 Å². The first-order valence-corrected chi connectivity index (χ1v) is 9.02. The molecule has 1 heterocycles. The fourth-order valence-electron chi connectivity index (χ4n) is 2.32. The Hall–Kier alpha value is -2.07. The lowest BCUT2D eigenvalue weighted by molar-refractivity contribution is 0.172. The minimum absolute atomic E-state index is 0. The number of aromatic nitrogens is 1. The van der Waals surface area contributed by atoms with Gasteiger partial charge in [-0.2, -0.15) is 0 Å². The van der Waals surface area contributed by atoms with Gasteiger partial charge in [0.2, 0.25) is 5.88 Å². The fourth-order valence-corrected chi connectivity index (χ4v) is 2.32. The molecule has 0 spiro atoms. The summed E-state index contributed by atoms with van der Waals surface area (Å²) in [6, 6.07) is 13.4. The highest BCUT2D eigenvalue weighted by Crippen LogP contribution is 2.17. The van der Waals surface area contributed by atoms with E-state index in [1.807, 2.05) is 49.4 Å². The van der Waals surface area contributed by atoms with E-state index in [2.05, 4.69) is 20.6 Å². The molecule has 0 saturated heterocycles. The Morgan fingerprint density at radius 3 is 2.68 bits per heavy atom. The second kappa shape index (κ2) is 14.0. The zero-order valence-electron chi connectivity index (χ0n) is 16.6. The molecule has 0 amide bonds. The number of hydrogen-bond donors (Lipinski definition) is 2. The zero-order chi connectivity index (χ0) is 19.3. The minimum Gasteiger partial charge on any atom is -0.493 e. The molecule has 0 unspecified atom stereocenters. The van der Waals surface area contributed by atoms with E-state index < -0.39 is 0 Å². The van der Waals surface area contributed by atoms with Crippen molar-refractivity contribution < 1.29 is 14.2 Å². The van der Waals surface area contributed by atoms with Crippen LogP contribution in [0.1, 0.15) is 19.0 Å². The van der Waals surface area contributed by atoms with E-state index >= 15 is 0 Å². The first-order valence-electron chi connectivity index (χ1n) is 9.02. The van der Waals surface area contributed by atoms with Crippen LogP contribution in [-0.4, -0.2) is 44.9 Å². The quantitative estimate of drug-likeness (QED) is 0.224. The van der Waals surface area contributed by atoms with Crippen LogP contribution in [0.4, 0.5) is 5.69 Å². The lowest BCUT2D eigenvalue weighted by atomic mass is 10.3. The normalized spacial score (nSPS) is 10.8. The SMILES string of the molecule is CCNC(=NCc1cccc(OC)n1)Nc1cccc(OCCCOC)c1.I. The van der Waals surface area contributed by atoms with Crippen LogP contribution in [0.25, 0.3) is 0 Å². The summed E-state index contributed by atoms with van der Waals surface area (Å²) in [7, 11) is 3.29. The van der Waals surface area contributed by atoms with E-state index in [4.69, 9.17) is 14.2 Å². The largest absolute Gasteiger partial charge is 0.493 e. The van der Waals surface area contributed by atoms with Crippen molar-refractivity contribution in [1.29, 1.82) is 0 Å². The molecule has 0 aliphatic heterocycles. The Kier molecular flexibility index (Phi) is 12.0. The molecule has 2 aromatic rings. The van der Waals surface area contributed by atoms with E-state index in [-0.39, 0.29) is 24.0 Å². The summed E-state index contributed by atoms with van der Waals surface area (Å²) in [5, 5.41) is 6.53. The molecule has 1 aromatic heterocycles. The van der Waals surface area contributed by atoms with Gasteiger partial charge >= 0.3 is 0 Å². The summed E-state index contributed by atoms with van der Waals surface area (Å²) < 4.78 is 15.9. The van der Waals surface area contributed by atoms with Crippen LogP contribution in [0.3, 0.4) is 0 Å². The topological polar surface area (TPSA) is 77.0 Å². The van der Waals surface area contributed by atoms with Gasteiger partial charge in [-0.3, -0.25) is 0 Å². The van der Waals surface area contributed by atoms with Gasteiger partial charge < -0.3 is 24.8 Å². The Morgan fingerprint density at radius 1 is 1.11 bits per heavy atom. The van der Waals surface area contributed by atoms with E-state index in [0.717, 1.165) is 30.1 Å². The van der Waals surface area contributed by atoms with E-state index in [0.29, 0.717) is 31.6 Å². The van der Waals surface area contributed by atoms with Gasteiger partial charge in [0.05, 0.1) is 26.0 Å². The number of rotatable bonds is 10. The second-order valence-electron chi connectivity index (χ2n) is 5.71. The second-order valence-corrected chi connectivity index (χ2v) is 5.71. The summed E-state index contributed by atoms with van der Waals surface area (Å²) in [5.41, 5.74) is 1.74. The summed E-state index contributed by atoms with van der Waals surface area (Å²) in [5.74, 6) is 2.07. The number of halogens is 1. The number of aliphatic imine (C=N–C) groups is 1. The average molecular weight is 500 g/mol. The molecule has 0 aliphatic carbocycles. The average Bonchev–Trinajstić information content (AvgIpc) is 2.70. The van der Waals surface area contributed by atoms with E-state index in [1.165, 1.54) is 0 Å². The van der Waals surface area contributed by atoms with Crippen molar-refractivity contribution in [2.45, 2.75) is 19.9 Å². The molecule has 1 aromatic carbocycles. The molecular weight excluding hydrogens is 471 g/mol. The number of ether oxygens (including phenoxy) is 3. The summed E-state index contributed by atoms with van der Waals surface area (Å²) >= 11 is 0. The van der Waals surface area contributed by atoms with Gasteiger partial charge in [-0.15, -0.1) is 24.0 Å². The van der Waals surface area contributed by atoms with Gasteiger partial charge in [0.1, 0.15) is 5.75 Å². The Balaban J connectivity index is 0.00000392. The van der Waals surface area contributed by atoms with Crippen molar-refractivity contribution in [3.05, 3.63) is 48.2 Å². The van der Waals surface area contributed by atoms with E-state index in [9.17, 15) is 0 Å². The molecule has 154 valence electrons. The Morgan fingerprint density at radius 2 is 1.93 bits per heavy atom. The van der Waals surface area contributed by atoms with Crippen LogP contribution in [0, 0.1) is 0 Å².